The van der Waals surface area contributed by atoms with E-state index < -0.39 is 5.92 Å². The second kappa shape index (κ2) is 6.40. The topological polar surface area (TPSA) is 78.4 Å². The molecule has 2 aromatic rings. The summed E-state index contributed by atoms with van der Waals surface area (Å²) in [7, 11) is 0. The standard InChI is InChI=1S/C20H25N5O2S/c1-3-13-6-15-16(22-11-23-18(15)28-13)24-7-12-8-25(10-20(12,2)9-24)19(27)14-4-5-21-17(14)26/h6,11-12,14H,3-5,7-10H2,1-2H3,(H,21,26)/t12-,14?,20+/m1/s1. The smallest absolute Gasteiger partial charge is 0.235 e. The van der Waals surface area contributed by atoms with Crippen molar-refractivity contribution in [2.45, 2.75) is 26.7 Å². The van der Waals surface area contributed by atoms with Gasteiger partial charge in [0.1, 0.15) is 22.9 Å². The van der Waals surface area contributed by atoms with E-state index >= 15 is 0 Å². The largest absolute Gasteiger partial charge is 0.355 e. The first-order valence-corrected chi connectivity index (χ1v) is 10.8. The van der Waals surface area contributed by atoms with E-state index in [9.17, 15) is 9.59 Å². The van der Waals surface area contributed by atoms with Crippen LogP contribution in [0.2, 0.25) is 0 Å². The van der Waals surface area contributed by atoms with Gasteiger partial charge in [0.25, 0.3) is 0 Å². The summed E-state index contributed by atoms with van der Waals surface area (Å²) in [5.41, 5.74) is 0.0334. The van der Waals surface area contributed by atoms with Crippen LogP contribution in [-0.4, -0.2) is 59.4 Å². The van der Waals surface area contributed by atoms with E-state index in [0.717, 1.165) is 48.6 Å². The zero-order valence-corrected chi connectivity index (χ0v) is 17.1. The molecule has 8 heteroatoms. The van der Waals surface area contributed by atoms with E-state index in [1.165, 1.54) is 4.88 Å². The first-order chi connectivity index (χ1) is 13.5. The van der Waals surface area contributed by atoms with Crippen LogP contribution in [0, 0.1) is 17.3 Å². The Labute approximate surface area is 168 Å². The molecule has 2 amide bonds. The molecule has 0 bridgehead atoms. The molecular formula is C20H25N5O2S. The lowest BCUT2D eigenvalue weighted by Gasteiger charge is -2.27. The number of hydrogen-bond donors (Lipinski definition) is 1. The number of carbonyl (C=O) groups is 2. The number of likely N-dealkylation sites (tertiary alicyclic amines) is 1. The van der Waals surface area contributed by atoms with Crippen molar-refractivity contribution >= 4 is 39.2 Å². The maximum atomic E-state index is 12.8. The molecule has 3 aliphatic heterocycles. The summed E-state index contributed by atoms with van der Waals surface area (Å²) in [6, 6.07) is 2.22. The van der Waals surface area contributed by atoms with Crippen LogP contribution in [0.15, 0.2) is 12.4 Å². The number of aromatic nitrogens is 2. The van der Waals surface area contributed by atoms with Crippen molar-refractivity contribution in [1.82, 2.24) is 20.2 Å². The second-order valence-electron chi connectivity index (χ2n) is 8.56. The molecule has 1 N–H and O–H groups in total. The molecule has 0 spiro atoms. The molecule has 0 aliphatic carbocycles. The van der Waals surface area contributed by atoms with Gasteiger partial charge in [-0.2, -0.15) is 0 Å². The normalized spacial score (nSPS) is 29.6. The molecule has 28 heavy (non-hydrogen) atoms. The van der Waals surface area contributed by atoms with Gasteiger partial charge in [-0.3, -0.25) is 9.59 Å². The van der Waals surface area contributed by atoms with Gasteiger partial charge in [-0.25, -0.2) is 9.97 Å². The summed E-state index contributed by atoms with van der Waals surface area (Å²) >= 11 is 1.74. The molecule has 7 nitrogen and oxygen atoms in total. The Morgan fingerprint density at radius 3 is 2.93 bits per heavy atom. The van der Waals surface area contributed by atoms with Gasteiger partial charge in [-0.15, -0.1) is 11.3 Å². The van der Waals surface area contributed by atoms with Crippen LogP contribution in [0.4, 0.5) is 5.82 Å². The van der Waals surface area contributed by atoms with Crippen LogP contribution in [0.5, 0.6) is 0 Å². The van der Waals surface area contributed by atoms with Gasteiger partial charge in [0.15, 0.2) is 0 Å². The van der Waals surface area contributed by atoms with Crippen LogP contribution in [0.3, 0.4) is 0 Å². The average Bonchev–Trinajstić information content (AvgIpc) is 3.41. The minimum absolute atomic E-state index is 0.00650. The van der Waals surface area contributed by atoms with Crippen molar-refractivity contribution in [1.29, 1.82) is 0 Å². The second-order valence-corrected chi connectivity index (χ2v) is 9.68. The molecule has 2 aromatic heterocycles. The number of nitrogens with zero attached hydrogens (tertiary/aromatic N) is 4. The van der Waals surface area contributed by atoms with Crippen molar-refractivity contribution in [2.24, 2.45) is 17.3 Å². The van der Waals surface area contributed by atoms with Gasteiger partial charge in [0.05, 0.1) is 5.39 Å². The van der Waals surface area contributed by atoms with E-state index in [2.05, 4.69) is 40.1 Å². The number of nitrogens with one attached hydrogen (secondary N) is 1. The zero-order chi connectivity index (χ0) is 19.5. The first kappa shape index (κ1) is 17.8. The number of thiophene rings is 1. The number of hydrogen-bond acceptors (Lipinski definition) is 6. The Bertz CT molecular complexity index is 959. The van der Waals surface area contributed by atoms with Gasteiger partial charge in [0.2, 0.25) is 11.8 Å². The van der Waals surface area contributed by atoms with Crippen LogP contribution in [-0.2, 0) is 16.0 Å². The van der Waals surface area contributed by atoms with Crippen LogP contribution in [0.25, 0.3) is 10.2 Å². The minimum Gasteiger partial charge on any atom is -0.355 e. The fourth-order valence-electron chi connectivity index (χ4n) is 5.04. The number of rotatable bonds is 3. The Hall–Kier alpha value is -2.22. The number of carbonyl (C=O) groups excluding carboxylic acids is 2. The maximum absolute atomic E-state index is 12.8. The van der Waals surface area contributed by atoms with Gasteiger partial charge < -0.3 is 15.1 Å². The van der Waals surface area contributed by atoms with Crippen LogP contribution in [0.1, 0.15) is 25.1 Å². The van der Waals surface area contributed by atoms with Crippen molar-refractivity contribution in [3.05, 3.63) is 17.3 Å². The number of amides is 2. The van der Waals surface area contributed by atoms with E-state index in [1.54, 1.807) is 17.7 Å². The molecule has 3 atom stereocenters. The quantitative estimate of drug-likeness (QED) is 0.795. The number of fused-ring (bicyclic) bond motifs is 2. The predicted octanol–water partition coefficient (Wildman–Crippen LogP) is 1.67. The lowest BCUT2D eigenvalue weighted by atomic mass is 9.83. The Kier molecular flexibility index (Phi) is 4.08. The highest BCUT2D eigenvalue weighted by atomic mass is 32.1. The number of anilines is 1. The molecule has 3 aliphatic rings. The molecule has 1 unspecified atom stereocenters. The highest BCUT2D eigenvalue weighted by molar-refractivity contribution is 7.18. The van der Waals surface area contributed by atoms with Gasteiger partial charge in [-0.1, -0.05) is 13.8 Å². The summed E-state index contributed by atoms with van der Waals surface area (Å²) < 4.78 is 0. The fourth-order valence-corrected chi connectivity index (χ4v) is 5.97. The fraction of sp³-hybridized carbons (Fsp3) is 0.600. The predicted molar refractivity (Wildman–Crippen MR) is 108 cm³/mol. The van der Waals surface area contributed by atoms with Crippen molar-refractivity contribution in [3.8, 4) is 0 Å². The Morgan fingerprint density at radius 1 is 1.36 bits per heavy atom. The van der Waals surface area contributed by atoms with Gasteiger partial charge in [0, 0.05) is 48.9 Å². The molecule has 148 valence electrons. The number of aryl methyl sites for hydroxylation is 1. The highest BCUT2D eigenvalue weighted by Crippen LogP contribution is 2.45. The van der Waals surface area contributed by atoms with Crippen molar-refractivity contribution < 1.29 is 9.59 Å². The molecule has 0 saturated carbocycles. The zero-order valence-electron chi connectivity index (χ0n) is 16.3. The monoisotopic (exact) mass is 399 g/mol. The summed E-state index contributed by atoms with van der Waals surface area (Å²) in [5, 5.41) is 3.92. The molecule has 0 radical (unpaired) electrons. The summed E-state index contributed by atoms with van der Waals surface area (Å²) in [6.07, 6.45) is 3.30. The third-order valence-electron chi connectivity index (χ3n) is 6.64. The van der Waals surface area contributed by atoms with Crippen molar-refractivity contribution in [2.75, 3.05) is 37.6 Å². The Morgan fingerprint density at radius 2 is 2.21 bits per heavy atom. The summed E-state index contributed by atoms with van der Waals surface area (Å²) in [6.45, 7) is 8.25. The van der Waals surface area contributed by atoms with E-state index in [1.807, 2.05) is 4.90 Å². The molecule has 0 aromatic carbocycles. The summed E-state index contributed by atoms with van der Waals surface area (Å²) in [5.74, 6) is 0.826. The Balaban J connectivity index is 1.35. The van der Waals surface area contributed by atoms with Gasteiger partial charge >= 0.3 is 0 Å². The molecule has 5 heterocycles. The molecule has 5 rings (SSSR count). The van der Waals surface area contributed by atoms with Crippen molar-refractivity contribution in [3.63, 3.8) is 0 Å². The molecular weight excluding hydrogens is 374 g/mol. The highest BCUT2D eigenvalue weighted by Gasteiger charge is 2.52. The van der Waals surface area contributed by atoms with E-state index in [4.69, 9.17) is 0 Å². The summed E-state index contributed by atoms with van der Waals surface area (Å²) in [4.78, 5) is 40.5. The lowest BCUT2D eigenvalue weighted by Crippen LogP contribution is -2.41. The lowest BCUT2D eigenvalue weighted by molar-refractivity contribution is -0.139. The minimum atomic E-state index is -0.488. The third kappa shape index (κ3) is 2.69. The molecule has 3 saturated heterocycles. The molecule has 3 fully saturated rings. The van der Waals surface area contributed by atoms with E-state index in [0.29, 0.717) is 18.9 Å². The van der Waals surface area contributed by atoms with Crippen LogP contribution >= 0.6 is 11.3 Å². The van der Waals surface area contributed by atoms with Gasteiger partial charge in [-0.05, 0) is 18.9 Å². The SMILES string of the molecule is CCc1cc2c(N3C[C@@H]4CN(C(=O)C5CCNC5=O)C[C@]4(C)C3)ncnc2s1. The van der Waals surface area contributed by atoms with Crippen LogP contribution < -0.4 is 10.2 Å². The van der Waals surface area contributed by atoms with E-state index in [-0.39, 0.29) is 17.2 Å². The first-order valence-electron chi connectivity index (χ1n) is 10.0. The third-order valence-corrected chi connectivity index (χ3v) is 7.82. The maximum Gasteiger partial charge on any atom is 0.235 e. The average molecular weight is 400 g/mol.